The largest absolute Gasteiger partial charge is 0.282 e. The van der Waals surface area contributed by atoms with Crippen LogP contribution in [0, 0.1) is 0 Å². The van der Waals surface area contributed by atoms with Gasteiger partial charge in [0.2, 0.25) is 10.0 Å². The number of aromatic nitrogens is 3. The number of benzene rings is 2. The van der Waals surface area contributed by atoms with E-state index in [0.717, 1.165) is 22.0 Å². The van der Waals surface area contributed by atoms with Gasteiger partial charge in [0.1, 0.15) is 0 Å². The molecule has 31 heavy (non-hydrogen) atoms. The van der Waals surface area contributed by atoms with Crippen LogP contribution in [0.3, 0.4) is 0 Å². The number of hydrogen-bond donors (Lipinski definition) is 0. The van der Waals surface area contributed by atoms with E-state index in [2.05, 4.69) is 15.0 Å². The quantitative estimate of drug-likeness (QED) is 0.484. The van der Waals surface area contributed by atoms with E-state index >= 15 is 0 Å². The summed E-state index contributed by atoms with van der Waals surface area (Å²) >= 11 is 0. The second kappa shape index (κ2) is 8.22. The molecule has 0 spiro atoms. The molecule has 3 heterocycles. The first-order valence-electron chi connectivity index (χ1n) is 10.2. The summed E-state index contributed by atoms with van der Waals surface area (Å²) in [4.78, 5) is 6.65. The van der Waals surface area contributed by atoms with Gasteiger partial charge in [0.05, 0.1) is 17.3 Å². The Balaban J connectivity index is 1.28. The molecule has 7 nitrogen and oxygen atoms in total. The standard InChI is InChI=1S/C23H23N5O2S/c29-31(30,22-6-5-19-3-1-2-4-21(19)17-22)27-15-13-26(14-16-27)18-28-23(9-12-25-28)20-7-10-24-11-8-20/h1-12,17H,13-16,18H2. The lowest BCUT2D eigenvalue weighted by Gasteiger charge is -2.34. The van der Waals surface area contributed by atoms with Gasteiger partial charge in [-0.15, -0.1) is 0 Å². The summed E-state index contributed by atoms with van der Waals surface area (Å²) < 4.78 is 29.9. The van der Waals surface area contributed by atoms with E-state index in [4.69, 9.17) is 0 Å². The molecule has 0 N–H and O–H groups in total. The Morgan fingerprint density at radius 2 is 1.55 bits per heavy atom. The Morgan fingerprint density at radius 1 is 0.806 bits per heavy atom. The molecule has 0 amide bonds. The zero-order chi connectivity index (χ0) is 21.3. The highest BCUT2D eigenvalue weighted by molar-refractivity contribution is 7.89. The van der Waals surface area contributed by atoms with Crippen LogP contribution in [0.5, 0.6) is 0 Å². The highest BCUT2D eigenvalue weighted by Crippen LogP contribution is 2.23. The molecule has 2 aromatic carbocycles. The molecule has 8 heteroatoms. The van der Waals surface area contributed by atoms with Gasteiger partial charge in [0.15, 0.2) is 0 Å². The second-order valence-electron chi connectivity index (χ2n) is 7.62. The molecule has 0 aliphatic carbocycles. The first-order chi connectivity index (χ1) is 15.1. The van der Waals surface area contributed by atoms with Crippen LogP contribution in [0.4, 0.5) is 0 Å². The molecular formula is C23H23N5O2S. The molecule has 0 unspecified atom stereocenters. The molecule has 1 saturated heterocycles. The highest BCUT2D eigenvalue weighted by Gasteiger charge is 2.29. The van der Waals surface area contributed by atoms with Crippen LogP contribution in [-0.4, -0.2) is 58.6 Å². The summed E-state index contributed by atoms with van der Waals surface area (Å²) in [7, 11) is -3.51. The Hall–Kier alpha value is -3.07. The zero-order valence-electron chi connectivity index (χ0n) is 17.0. The van der Waals surface area contributed by atoms with Gasteiger partial charge in [-0.05, 0) is 41.1 Å². The van der Waals surface area contributed by atoms with Gasteiger partial charge in [-0.1, -0.05) is 30.3 Å². The van der Waals surface area contributed by atoms with Gasteiger partial charge in [-0.3, -0.25) is 14.6 Å². The predicted octanol–water partition coefficient (Wildman–Crippen LogP) is 3.06. The summed E-state index contributed by atoms with van der Waals surface area (Å²) in [6.45, 7) is 2.85. The van der Waals surface area contributed by atoms with Crippen molar-refractivity contribution in [2.24, 2.45) is 0 Å². The van der Waals surface area contributed by atoms with Crippen molar-refractivity contribution >= 4 is 20.8 Å². The van der Waals surface area contributed by atoms with Crippen molar-refractivity contribution in [2.45, 2.75) is 11.6 Å². The lowest BCUT2D eigenvalue weighted by molar-refractivity contribution is 0.146. The first-order valence-corrected chi connectivity index (χ1v) is 11.7. The lowest BCUT2D eigenvalue weighted by atomic mass is 10.1. The van der Waals surface area contributed by atoms with Crippen molar-refractivity contribution in [3.05, 3.63) is 79.3 Å². The van der Waals surface area contributed by atoms with E-state index in [0.29, 0.717) is 37.7 Å². The minimum absolute atomic E-state index is 0.353. The van der Waals surface area contributed by atoms with E-state index in [1.807, 2.05) is 53.2 Å². The molecular weight excluding hydrogens is 410 g/mol. The van der Waals surface area contributed by atoms with Crippen LogP contribution in [0.15, 0.2) is 84.1 Å². The molecule has 5 rings (SSSR count). The van der Waals surface area contributed by atoms with E-state index in [1.165, 1.54) is 0 Å². The Bertz CT molecular complexity index is 1300. The minimum Gasteiger partial charge on any atom is -0.282 e. The predicted molar refractivity (Wildman–Crippen MR) is 120 cm³/mol. The SMILES string of the molecule is O=S(=O)(c1ccc2ccccc2c1)N1CCN(Cn2nccc2-c2ccncc2)CC1. The molecule has 0 saturated carbocycles. The molecule has 1 aliphatic heterocycles. The molecule has 2 aromatic heterocycles. The van der Waals surface area contributed by atoms with Gasteiger partial charge in [0.25, 0.3) is 0 Å². The molecule has 1 aliphatic rings. The van der Waals surface area contributed by atoms with E-state index in [1.54, 1.807) is 35.0 Å². The molecule has 158 valence electrons. The fraction of sp³-hybridized carbons (Fsp3) is 0.217. The number of rotatable bonds is 5. The van der Waals surface area contributed by atoms with Crippen LogP contribution in [-0.2, 0) is 16.7 Å². The molecule has 4 aromatic rings. The van der Waals surface area contributed by atoms with Gasteiger partial charge in [-0.2, -0.15) is 9.40 Å². The third-order valence-corrected chi connectivity index (χ3v) is 7.61. The van der Waals surface area contributed by atoms with E-state index < -0.39 is 10.0 Å². The van der Waals surface area contributed by atoms with Gasteiger partial charge in [0, 0.05) is 50.3 Å². The van der Waals surface area contributed by atoms with Crippen LogP contribution in [0.1, 0.15) is 0 Å². The monoisotopic (exact) mass is 433 g/mol. The van der Waals surface area contributed by atoms with Gasteiger partial charge < -0.3 is 0 Å². The van der Waals surface area contributed by atoms with Crippen LogP contribution < -0.4 is 0 Å². The molecule has 0 radical (unpaired) electrons. The van der Waals surface area contributed by atoms with Crippen LogP contribution in [0.25, 0.3) is 22.0 Å². The first kappa shape index (κ1) is 19.9. The average Bonchev–Trinajstić information content (AvgIpc) is 3.28. The Kier molecular flexibility index (Phi) is 5.27. The maximum absolute atomic E-state index is 13.2. The van der Waals surface area contributed by atoms with Crippen molar-refractivity contribution in [1.82, 2.24) is 24.0 Å². The second-order valence-corrected chi connectivity index (χ2v) is 9.56. The Morgan fingerprint density at radius 3 is 2.32 bits per heavy atom. The van der Waals surface area contributed by atoms with Crippen molar-refractivity contribution in [3.63, 3.8) is 0 Å². The van der Waals surface area contributed by atoms with Gasteiger partial charge in [-0.25, -0.2) is 8.42 Å². The number of sulfonamides is 1. The topological polar surface area (TPSA) is 71.3 Å². The third kappa shape index (κ3) is 3.97. The van der Waals surface area contributed by atoms with Crippen molar-refractivity contribution in [1.29, 1.82) is 0 Å². The summed E-state index contributed by atoms with van der Waals surface area (Å²) in [6, 6.07) is 19.0. The smallest absolute Gasteiger partial charge is 0.243 e. The number of hydrogen-bond acceptors (Lipinski definition) is 5. The van der Waals surface area contributed by atoms with Crippen molar-refractivity contribution in [3.8, 4) is 11.3 Å². The van der Waals surface area contributed by atoms with Crippen molar-refractivity contribution in [2.75, 3.05) is 26.2 Å². The average molecular weight is 434 g/mol. The maximum atomic E-state index is 13.2. The number of fused-ring (bicyclic) bond motifs is 1. The van der Waals surface area contributed by atoms with E-state index in [9.17, 15) is 8.42 Å². The van der Waals surface area contributed by atoms with Crippen molar-refractivity contribution < 1.29 is 8.42 Å². The summed E-state index contributed by atoms with van der Waals surface area (Å²) in [5.74, 6) is 0. The summed E-state index contributed by atoms with van der Waals surface area (Å²) in [5, 5.41) is 6.43. The summed E-state index contributed by atoms with van der Waals surface area (Å²) in [5.41, 5.74) is 2.08. The molecule has 0 atom stereocenters. The normalized spacial score (nSPS) is 16.0. The third-order valence-electron chi connectivity index (χ3n) is 5.72. The fourth-order valence-electron chi connectivity index (χ4n) is 3.99. The number of nitrogens with zero attached hydrogens (tertiary/aromatic N) is 5. The fourth-order valence-corrected chi connectivity index (χ4v) is 5.45. The summed E-state index contributed by atoms with van der Waals surface area (Å²) in [6.07, 6.45) is 5.32. The number of piperazine rings is 1. The van der Waals surface area contributed by atoms with Crippen LogP contribution >= 0.6 is 0 Å². The Labute approximate surface area is 181 Å². The molecule has 1 fully saturated rings. The van der Waals surface area contributed by atoms with Crippen LogP contribution in [0.2, 0.25) is 0 Å². The number of pyridine rings is 1. The molecule has 0 bridgehead atoms. The minimum atomic E-state index is -3.51. The van der Waals surface area contributed by atoms with Gasteiger partial charge >= 0.3 is 0 Å². The zero-order valence-corrected chi connectivity index (χ0v) is 17.8. The lowest BCUT2D eigenvalue weighted by Crippen LogP contribution is -2.48. The van der Waals surface area contributed by atoms with E-state index in [-0.39, 0.29) is 0 Å². The maximum Gasteiger partial charge on any atom is 0.243 e. The highest BCUT2D eigenvalue weighted by atomic mass is 32.2.